The van der Waals surface area contributed by atoms with E-state index in [9.17, 15) is 9.90 Å². The predicted octanol–water partition coefficient (Wildman–Crippen LogP) is 24.4. The third kappa shape index (κ3) is 14.4. The fourth-order valence-electron chi connectivity index (χ4n) is 16.8. The average Bonchev–Trinajstić information content (AvgIpc) is 1.52. The molecule has 3 N–H and O–H groups in total. The molecule has 12 nitrogen and oxygen atoms in total. The van der Waals surface area contributed by atoms with Gasteiger partial charge in [0.05, 0.1) is 45.1 Å². The van der Waals surface area contributed by atoms with Crippen LogP contribution in [-0.2, 0) is 21.4 Å². The number of hydrogen-bond acceptors (Lipinski definition) is 10. The van der Waals surface area contributed by atoms with Gasteiger partial charge in [-0.15, -0.1) is 0 Å². The summed E-state index contributed by atoms with van der Waals surface area (Å²) in [5, 5.41) is 13.0. The molecule has 0 saturated heterocycles. The number of benzene rings is 15. The zero-order chi connectivity index (χ0) is 81.0. The Labute approximate surface area is 697 Å². The molecule has 18 aromatic rings. The first-order valence-corrected chi connectivity index (χ1v) is 41.0. The van der Waals surface area contributed by atoms with Crippen LogP contribution < -0.4 is 0 Å². The first-order valence-electron chi connectivity index (χ1n) is 38.8. The number of aromatic nitrogens is 6. The van der Waals surface area contributed by atoms with Gasteiger partial charge in [0.25, 0.3) is 0 Å². The Hall–Kier alpha value is -14.5. The quantitative estimate of drug-likeness (QED) is 0.116. The van der Waals surface area contributed by atoms with Gasteiger partial charge in [0, 0.05) is 82.4 Å². The molecule has 1 unspecified atom stereocenters. The van der Waals surface area contributed by atoms with Crippen LogP contribution in [0.3, 0.4) is 0 Å². The topological polar surface area (TPSA) is 189 Å². The minimum Gasteiger partial charge on any atom is -0.376 e. The van der Waals surface area contributed by atoms with Gasteiger partial charge in [-0.3, -0.25) is 13.9 Å². The van der Waals surface area contributed by atoms with Crippen LogP contribution in [0.2, 0.25) is 0 Å². The fraction of sp³-hybridized carbons (Fsp3) is 0.0190. The number of aliphatic hydroxyl groups is 1. The highest BCUT2D eigenvalue weighted by molar-refractivity contribution is 9.10. The molecule has 0 fully saturated rings. The Kier molecular flexibility index (Phi) is 20.8. The second kappa shape index (κ2) is 32.7. The van der Waals surface area contributed by atoms with E-state index in [1.807, 2.05) is 243 Å². The van der Waals surface area contributed by atoms with Gasteiger partial charge in [-0.25, -0.2) is 29.9 Å². The molecule has 0 saturated carbocycles. The predicted molar refractivity (Wildman–Crippen MR) is 477 cm³/mol. The molecule has 3 aromatic heterocycles. The molecule has 3 heterocycles. The molecule has 0 bridgehead atoms. The number of carbonyl (C=O) groups is 1. The highest BCUT2D eigenvalue weighted by Gasteiger charge is 2.54. The lowest BCUT2D eigenvalue weighted by Crippen LogP contribution is -2.28. The van der Waals surface area contributed by atoms with Gasteiger partial charge in [0.15, 0.2) is 23.3 Å². The summed E-state index contributed by atoms with van der Waals surface area (Å²) >= 11 is 3.53. The van der Waals surface area contributed by atoms with Gasteiger partial charge >= 0.3 is 10.4 Å². The van der Waals surface area contributed by atoms with Gasteiger partial charge in [0.2, 0.25) is 0 Å². The van der Waals surface area contributed by atoms with Crippen LogP contribution in [0.15, 0.2) is 417 Å². The number of halogens is 1. The lowest BCUT2D eigenvalue weighted by molar-refractivity contribution is 0.104. The lowest BCUT2D eigenvalue weighted by Gasteiger charge is -2.31. The molecule has 0 aliphatic heterocycles. The summed E-state index contributed by atoms with van der Waals surface area (Å²) in [5.41, 5.74) is 27.6. The van der Waals surface area contributed by atoms with Crippen LogP contribution in [-0.4, -0.2) is 58.3 Å². The smallest absolute Gasteiger partial charge is 0.376 e. The van der Waals surface area contributed by atoms with E-state index in [-0.39, 0.29) is 5.78 Å². The van der Waals surface area contributed by atoms with E-state index >= 15 is 0 Å². The van der Waals surface area contributed by atoms with Crippen LogP contribution in [0.25, 0.3) is 135 Å². The average molecular weight is 1620 g/mol. The summed E-state index contributed by atoms with van der Waals surface area (Å²) in [6, 6.07) is 140. The summed E-state index contributed by atoms with van der Waals surface area (Å²) < 4.78 is 32.7. The van der Waals surface area contributed by atoms with Crippen molar-refractivity contribution in [2.75, 3.05) is 0 Å². The first-order chi connectivity index (χ1) is 58.3. The molecule has 1 spiro atoms. The number of hydrogen-bond donors (Lipinski definition) is 3. The molecule has 4 aliphatic carbocycles. The standard InChI is InChI=1S/C35H24N2O.C35H22N2.C23H14N2O.C12H9Br.H2O4S/c38-35(29-22-12-10-20-27(29)24-14-4-1-5-15-24)30-23-13-11-21-28(30)33-31(35)32(25-16-6-2-7-17-25)36-34(37-33)26-18-8-3-9-19-26;1-3-13-23(14-4-1)32-31-33(37-34(36-32)24-15-5-2-6-16-24)27-19-9-12-22-30(27)35(31)28-20-10-7-17-25(28)26-18-8-11-21-29(26)35;26-22-18-14-8-7-13-17(18)21-19(22)20(15-9-3-1-4-10-15)24-23(25-21)16-11-5-2-6-12-16;13-12-9-5-4-8-11(12)10-6-2-1-3-7-10;1-5(2,3)4/h1-23,38H;1-22H;1-14H;1-9H;(H2,1,2,3,4). The number of rotatable bonds is 9. The maximum atomic E-state index is 13.0. The monoisotopic (exact) mass is 1620 g/mol. The van der Waals surface area contributed by atoms with Gasteiger partial charge in [-0.05, 0) is 56.1 Å². The summed E-state index contributed by atoms with van der Waals surface area (Å²) in [6.07, 6.45) is 0. The van der Waals surface area contributed by atoms with Crippen molar-refractivity contribution in [3.05, 3.63) is 467 Å². The molecule has 4 aliphatic rings. The van der Waals surface area contributed by atoms with E-state index in [0.29, 0.717) is 34.0 Å². The Balaban J connectivity index is 0.000000112. The molecular weight excluding hydrogens is 1550 g/mol. The highest BCUT2D eigenvalue weighted by Crippen LogP contribution is 2.64. The third-order valence-electron chi connectivity index (χ3n) is 21.8. The van der Waals surface area contributed by atoms with Crippen LogP contribution in [0.4, 0.5) is 0 Å². The van der Waals surface area contributed by atoms with Crippen molar-refractivity contribution >= 4 is 32.1 Å². The van der Waals surface area contributed by atoms with Gasteiger partial charge in [-0.2, -0.15) is 8.42 Å². The molecule has 15 aromatic carbocycles. The Morgan fingerprint density at radius 2 is 0.487 bits per heavy atom. The van der Waals surface area contributed by atoms with Crippen molar-refractivity contribution in [1.29, 1.82) is 0 Å². The van der Waals surface area contributed by atoms with Crippen LogP contribution >= 0.6 is 15.9 Å². The van der Waals surface area contributed by atoms with Gasteiger partial charge < -0.3 is 5.11 Å². The van der Waals surface area contributed by atoms with Crippen molar-refractivity contribution in [2.45, 2.75) is 11.0 Å². The van der Waals surface area contributed by atoms with Crippen molar-refractivity contribution < 1.29 is 27.4 Å². The van der Waals surface area contributed by atoms with Crippen LogP contribution in [0.5, 0.6) is 0 Å². The van der Waals surface area contributed by atoms with Crippen LogP contribution in [0.1, 0.15) is 54.9 Å². The number of fused-ring (bicyclic) bond motifs is 16. The van der Waals surface area contributed by atoms with E-state index in [2.05, 4.69) is 186 Å². The first kappa shape index (κ1) is 75.8. The summed E-state index contributed by atoms with van der Waals surface area (Å²) in [4.78, 5) is 43.5. The molecular formula is C105H71BrN6O6S. The Bertz CT molecular complexity index is 6890. The maximum absolute atomic E-state index is 13.0. The second-order valence-corrected chi connectivity index (χ2v) is 30.5. The molecule has 570 valence electrons. The van der Waals surface area contributed by atoms with Crippen molar-refractivity contribution in [2.24, 2.45) is 0 Å². The number of ketones is 1. The van der Waals surface area contributed by atoms with Crippen molar-refractivity contribution in [3.63, 3.8) is 0 Å². The minimum atomic E-state index is -4.67. The Morgan fingerprint density at radius 3 is 0.908 bits per heavy atom. The molecule has 1 atom stereocenters. The fourth-order valence-corrected chi connectivity index (χ4v) is 17.3. The molecule has 119 heavy (non-hydrogen) atoms. The van der Waals surface area contributed by atoms with E-state index in [1.165, 1.54) is 50.1 Å². The lowest BCUT2D eigenvalue weighted by atomic mass is 9.69. The SMILES string of the molecule is Brc1ccccc1-c1ccccc1.O=C1c2ccccc2-c2nc(-c3ccccc3)nc(-c3ccccc3)c21.O=S(=O)(O)O.OC1(c2ccccc2-c2ccccc2)c2ccccc2-c2nc(-c3ccccc3)nc(-c3ccccc3)c21.c1ccc(-c2nc(-c3ccccc3)c3c(n2)-c2ccccc2C32c3ccccc3-c3ccccc32)cc1. The number of carbonyl (C=O) groups excluding carboxylic acids is 1. The third-order valence-corrected chi connectivity index (χ3v) is 22.5. The molecule has 22 rings (SSSR count). The number of nitrogens with zero attached hydrogens (tertiary/aromatic N) is 6. The highest BCUT2D eigenvalue weighted by atomic mass is 79.9. The molecule has 14 heteroatoms. The summed E-state index contributed by atoms with van der Waals surface area (Å²) in [7, 11) is -4.67. The summed E-state index contributed by atoms with van der Waals surface area (Å²) in [6.45, 7) is 0. The zero-order valence-electron chi connectivity index (χ0n) is 63.8. The van der Waals surface area contributed by atoms with E-state index in [1.54, 1.807) is 0 Å². The summed E-state index contributed by atoms with van der Waals surface area (Å²) in [5.74, 6) is 2.02. The second-order valence-electron chi connectivity index (χ2n) is 28.8. The van der Waals surface area contributed by atoms with Crippen molar-refractivity contribution in [1.82, 2.24) is 29.9 Å². The molecule has 0 amide bonds. The van der Waals surface area contributed by atoms with E-state index < -0.39 is 21.4 Å². The molecule has 0 radical (unpaired) electrons. The van der Waals surface area contributed by atoms with Crippen LogP contribution in [0, 0.1) is 0 Å². The zero-order valence-corrected chi connectivity index (χ0v) is 66.2. The Morgan fingerprint density at radius 1 is 0.235 bits per heavy atom. The van der Waals surface area contributed by atoms with E-state index in [0.717, 1.165) is 106 Å². The minimum absolute atomic E-state index is 0.00550. The van der Waals surface area contributed by atoms with Gasteiger partial charge in [0.1, 0.15) is 5.60 Å². The maximum Gasteiger partial charge on any atom is 0.394 e. The largest absolute Gasteiger partial charge is 0.394 e. The van der Waals surface area contributed by atoms with Crippen molar-refractivity contribution in [3.8, 4) is 135 Å². The normalized spacial score (nSPS) is 13.4. The van der Waals surface area contributed by atoms with Gasteiger partial charge in [-0.1, -0.05) is 422 Å². The van der Waals surface area contributed by atoms with E-state index in [4.69, 9.17) is 47.4 Å².